The maximum atomic E-state index is 13.3. The number of aromatic amines is 1. The molecular formula is C19H17ClFN3O. The fourth-order valence-electron chi connectivity index (χ4n) is 3.29. The summed E-state index contributed by atoms with van der Waals surface area (Å²) in [5.41, 5.74) is 3.28. The van der Waals surface area contributed by atoms with Gasteiger partial charge < -0.3 is 0 Å². The summed E-state index contributed by atoms with van der Waals surface area (Å²) in [6.07, 6.45) is 0.684. The molecule has 0 aliphatic carbocycles. The molecule has 3 aromatic rings. The quantitative estimate of drug-likeness (QED) is 0.779. The van der Waals surface area contributed by atoms with Crippen molar-refractivity contribution in [2.24, 2.45) is 0 Å². The lowest BCUT2D eigenvalue weighted by Crippen LogP contribution is -2.31. The number of aromatic nitrogens is 2. The van der Waals surface area contributed by atoms with Crippen molar-refractivity contribution >= 4 is 11.6 Å². The summed E-state index contributed by atoms with van der Waals surface area (Å²) in [4.78, 5) is 15.0. The van der Waals surface area contributed by atoms with E-state index in [1.54, 1.807) is 0 Å². The number of halogens is 2. The summed E-state index contributed by atoms with van der Waals surface area (Å²) in [5.74, 6) is -0.424. The first-order chi connectivity index (χ1) is 12.1. The van der Waals surface area contributed by atoms with Crippen LogP contribution in [0.3, 0.4) is 0 Å². The zero-order valence-electron chi connectivity index (χ0n) is 13.5. The van der Waals surface area contributed by atoms with Crippen LogP contribution in [0.15, 0.2) is 53.3 Å². The minimum absolute atomic E-state index is 0.108. The molecule has 0 fully saturated rings. The van der Waals surface area contributed by atoms with Gasteiger partial charge in [-0.1, -0.05) is 41.9 Å². The third-order valence-corrected chi connectivity index (χ3v) is 4.83. The molecule has 0 saturated carbocycles. The highest BCUT2D eigenvalue weighted by Crippen LogP contribution is 2.22. The molecule has 0 bridgehead atoms. The second-order valence-corrected chi connectivity index (χ2v) is 6.66. The van der Waals surface area contributed by atoms with E-state index >= 15 is 0 Å². The molecule has 0 atom stereocenters. The lowest BCUT2D eigenvalue weighted by molar-refractivity contribution is 0.242. The summed E-state index contributed by atoms with van der Waals surface area (Å²) in [6.45, 7) is 2.34. The van der Waals surface area contributed by atoms with Gasteiger partial charge in [-0.25, -0.2) is 9.07 Å². The Morgan fingerprint density at radius 1 is 1.16 bits per heavy atom. The molecule has 4 nitrogen and oxygen atoms in total. The van der Waals surface area contributed by atoms with Crippen molar-refractivity contribution in [3.05, 3.63) is 86.5 Å². The number of nitrogens with zero attached hydrogens (tertiary/aromatic N) is 2. The van der Waals surface area contributed by atoms with Crippen molar-refractivity contribution < 1.29 is 4.39 Å². The molecule has 4 rings (SSSR count). The third kappa shape index (κ3) is 3.13. The molecule has 6 heteroatoms. The molecule has 1 N–H and O–H groups in total. The average molecular weight is 358 g/mol. The van der Waals surface area contributed by atoms with E-state index in [1.807, 2.05) is 18.2 Å². The van der Waals surface area contributed by atoms with Crippen molar-refractivity contribution in [2.75, 3.05) is 6.54 Å². The van der Waals surface area contributed by atoms with E-state index in [0.717, 1.165) is 24.3 Å². The second-order valence-electron chi connectivity index (χ2n) is 6.25. The van der Waals surface area contributed by atoms with Gasteiger partial charge >= 0.3 is 0 Å². The van der Waals surface area contributed by atoms with Crippen molar-refractivity contribution in [3.8, 4) is 5.69 Å². The number of nitrogens with one attached hydrogen (secondary N) is 1. The van der Waals surface area contributed by atoms with Gasteiger partial charge in [-0.15, -0.1) is 0 Å². The summed E-state index contributed by atoms with van der Waals surface area (Å²) >= 11 is 6.11. The van der Waals surface area contributed by atoms with Crippen molar-refractivity contribution in [1.29, 1.82) is 0 Å². The van der Waals surface area contributed by atoms with Crippen LogP contribution in [0.4, 0.5) is 4.39 Å². The van der Waals surface area contributed by atoms with Crippen LogP contribution in [-0.2, 0) is 19.5 Å². The van der Waals surface area contributed by atoms with Gasteiger partial charge in [0.05, 0.1) is 16.4 Å². The van der Waals surface area contributed by atoms with E-state index in [0.29, 0.717) is 18.7 Å². The summed E-state index contributed by atoms with van der Waals surface area (Å²) in [7, 11) is 0. The molecule has 0 amide bonds. The first-order valence-corrected chi connectivity index (χ1v) is 8.54. The first kappa shape index (κ1) is 16.1. The number of hydrogen-bond donors (Lipinski definition) is 1. The third-order valence-electron chi connectivity index (χ3n) is 4.53. The van der Waals surface area contributed by atoms with Crippen LogP contribution in [0.5, 0.6) is 0 Å². The largest absolute Gasteiger partial charge is 0.293 e. The molecule has 1 aromatic heterocycles. The molecule has 128 valence electrons. The van der Waals surface area contributed by atoms with E-state index in [-0.39, 0.29) is 10.6 Å². The van der Waals surface area contributed by atoms with Crippen LogP contribution >= 0.6 is 11.6 Å². The van der Waals surface area contributed by atoms with Crippen molar-refractivity contribution in [2.45, 2.75) is 19.5 Å². The molecule has 25 heavy (non-hydrogen) atoms. The van der Waals surface area contributed by atoms with Gasteiger partial charge in [0.1, 0.15) is 5.82 Å². The smallest absolute Gasteiger partial charge is 0.274 e. The van der Waals surface area contributed by atoms with Crippen LogP contribution in [0.25, 0.3) is 5.69 Å². The molecular weight excluding hydrogens is 341 g/mol. The number of fused-ring (bicyclic) bond motifs is 1. The number of benzene rings is 2. The van der Waals surface area contributed by atoms with Crippen LogP contribution < -0.4 is 5.56 Å². The van der Waals surface area contributed by atoms with E-state index in [1.165, 1.54) is 28.4 Å². The Morgan fingerprint density at radius 3 is 2.72 bits per heavy atom. The van der Waals surface area contributed by atoms with E-state index in [2.05, 4.69) is 22.1 Å². The normalized spacial score (nSPS) is 14.5. The minimum Gasteiger partial charge on any atom is -0.293 e. The average Bonchev–Trinajstić information content (AvgIpc) is 2.92. The number of rotatable bonds is 3. The van der Waals surface area contributed by atoms with Crippen LogP contribution in [0, 0.1) is 5.82 Å². The van der Waals surface area contributed by atoms with Crippen LogP contribution in [-0.4, -0.2) is 21.2 Å². The van der Waals surface area contributed by atoms with Crippen LogP contribution in [0.2, 0.25) is 5.02 Å². The molecule has 2 heterocycles. The molecule has 0 radical (unpaired) electrons. The molecule has 0 spiro atoms. The maximum absolute atomic E-state index is 13.3. The fraction of sp³-hybridized carbons (Fsp3) is 0.211. The summed E-state index contributed by atoms with van der Waals surface area (Å²) in [6, 6.07) is 14.3. The van der Waals surface area contributed by atoms with E-state index < -0.39 is 5.82 Å². The van der Waals surface area contributed by atoms with Gasteiger partial charge in [0.2, 0.25) is 0 Å². The Hall–Kier alpha value is -2.37. The van der Waals surface area contributed by atoms with E-state index in [4.69, 9.17) is 11.6 Å². The number of hydrogen-bond acceptors (Lipinski definition) is 2. The minimum atomic E-state index is -0.424. The van der Waals surface area contributed by atoms with Crippen molar-refractivity contribution in [3.63, 3.8) is 0 Å². The van der Waals surface area contributed by atoms with Gasteiger partial charge in [-0.05, 0) is 30.2 Å². The molecule has 1 aliphatic heterocycles. The molecule has 0 unspecified atom stereocenters. The standard InChI is InChI=1S/C19H17ClFN3O/c20-16-10-14(21)6-7-18(16)24-19(25)15-8-9-23(12-17(15)22-24)11-13-4-2-1-3-5-13/h1-7,10,22H,8-9,11-12H2. The summed E-state index contributed by atoms with van der Waals surface area (Å²) < 4.78 is 14.7. The van der Waals surface area contributed by atoms with Crippen LogP contribution in [0.1, 0.15) is 16.8 Å². The molecule has 1 aliphatic rings. The zero-order chi connectivity index (χ0) is 17.4. The Kier molecular flexibility index (Phi) is 4.19. The maximum Gasteiger partial charge on any atom is 0.274 e. The SMILES string of the molecule is O=c1c2c([nH]n1-c1ccc(F)cc1Cl)CN(Cc1ccccc1)CC2. The highest BCUT2D eigenvalue weighted by atomic mass is 35.5. The lowest BCUT2D eigenvalue weighted by atomic mass is 10.1. The Labute approximate surface area is 149 Å². The van der Waals surface area contributed by atoms with E-state index in [9.17, 15) is 9.18 Å². The highest BCUT2D eigenvalue weighted by Gasteiger charge is 2.23. The number of H-pyrrole nitrogens is 1. The van der Waals surface area contributed by atoms with Gasteiger partial charge in [0.25, 0.3) is 5.56 Å². The van der Waals surface area contributed by atoms with Gasteiger partial charge in [0.15, 0.2) is 0 Å². The Morgan fingerprint density at radius 2 is 1.96 bits per heavy atom. The van der Waals surface area contributed by atoms with Gasteiger partial charge in [-0.3, -0.25) is 14.8 Å². The monoisotopic (exact) mass is 357 g/mol. The Balaban J connectivity index is 1.63. The predicted molar refractivity (Wildman–Crippen MR) is 95.6 cm³/mol. The molecule has 2 aromatic carbocycles. The second kappa shape index (κ2) is 6.50. The lowest BCUT2D eigenvalue weighted by Gasteiger charge is -2.25. The van der Waals surface area contributed by atoms with Gasteiger partial charge in [-0.2, -0.15) is 0 Å². The Bertz CT molecular complexity index is 965. The first-order valence-electron chi connectivity index (χ1n) is 8.16. The zero-order valence-corrected chi connectivity index (χ0v) is 14.3. The van der Waals surface area contributed by atoms with Gasteiger partial charge in [0, 0.05) is 25.2 Å². The summed E-state index contributed by atoms with van der Waals surface area (Å²) in [5, 5.41) is 3.36. The highest BCUT2D eigenvalue weighted by molar-refractivity contribution is 6.32. The van der Waals surface area contributed by atoms with Crippen molar-refractivity contribution in [1.82, 2.24) is 14.7 Å². The topological polar surface area (TPSA) is 41.0 Å². The fourth-order valence-corrected chi connectivity index (χ4v) is 3.54. The predicted octanol–water partition coefficient (Wildman–Crippen LogP) is 3.52. The molecule has 0 saturated heterocycles.